The first-order valence-electron chi connectivity index (χ1n) is 13.4. The van der Waals surface area contributed by atoms with Gasteiger partial charge in [0.1, 0.15) is 0 Å². The molecule has 6 aromatic carbocycles. The van der Waals surface area contributed by atoms with Crippen LogP contribution in [0.5, 0.6) is 0 Å². The minimum absolute atomic E-state index is 1.10. The average Bonchev–Trinajstić information content (AvgIpc) is 3.56. The van der Waals surface area contributed by atoms with Crippen molar-refractivity contribution in [3.8, 4) is 0 Å². The fourth-order valence-corrected chi connectivity index (χ4v) is 7.71. The lowest BCUT2D eigenvalue weighted by atomic mass is 10.1. The van der Waals surface area contributed by atoms with Crippen LogP contribution in [0.3, 0.4) is 0 Å². The minimum atomic E-state index is 1.10. The Morgan fingerprint density at radius 3 is 1.48 bits per heavy atom. The van der Waals surface area contributed by atoms with Gasteiger partial charge in [0, 0.05) is 68.8 Å². The van der Waals surface area contributed by atoms with Gasteiger partial charge in [0.15, 0.2) is 0 Å². The van der Waals surface area contributed by atoms with E-state index in [1.54, 1.807) is 0 Å². The Bertz CT molecular complexity index is 2100. The highest BCUT2D eigenvalue weighted by atomic mass is 32.1. The van der Waals surface area contributed by atoms with Gasteiger partial charge in [0.05, 0.1) is 0 Å². The van der Waals surface area contributed by atoms with Gasteiger partial charge in [0.25, 0.3) is 0 Å². The second-order valence-corrected chi connectivity index (χ2v) is 12.1. The topological polar surface area (TPSA) is 15.3 Å². The van der Waals surface area contributed by atoms with Crippen molar-refractivity contribution in [1.82, 2.24) is 0 Å². The lowest BCUT2D eigenvalue weighted by Crippen LogP contribution is -2.09. The van der Waals surface area contributed by atoms with E-state index in [-0.39, 0.29) is 0 Å². The summed E-state index contributed by atoms with van der Waals surface area (Å²) in [4.78, 5) is 2.32. The average molecular weight is 549 g/mol. The summed E-state index contributed by atoms with van der Waals surface area (Å²) in [6.07, 6.45) is 0. The molecule has 2 nitrogen and oxygen atoms in total. The summed E-state index contributed by atoms with van der Waals surface area (Å²) in [6, 6.07) is 50.1. The zero-order chi connectivity index (χ0) is 26.5. The summed E-state index contributed by atoms with van der Waals surface area (Å²) in [6.45, 7) is 0. The molecular weight excluding hydrogens is 525 g/mol. The highest BCUT2D eigenvalue weighted by Gasteiger charge is 2.15. The molecule has 40 heavy (non-hydrogen) atoms. The van der Waals surface area contributed by atoms with Crippen molar-refractivity contribution in [1.29, 1.82) is 0 Å². The number of benzene rings is 6. The molecule has 0 radical (unpaired) electrons. The van der Waals surface area contributed by atoms with Gasteiger partial charge in [-0.2, -0.15) is 0 Å². The van der Waals surface area contributed by atoms with E-state index in [0.717, 1.165) is 28.4 Å². The number of nitrogens with one attached hydrogen (secondary N) is 1. The molecule has 0 saturated heterocycles. The molecule has 0 atom stereocenters. The Labute approximate surface area is 240 Å². The predicted octanol–water partition coefficient (Wildman–Crippen LogP) is 11.6. The van der Waals surface area contributed by atoms with Crippen molar-refractivity contribution in [3.63, 3.8) is 0 Å². The van der Waals surface area contributed by atoms with Crippen LogP contribution < -0.4 is 10.2 Å². The summed E-state index contributed by atoms with van der Waals surface area (Å²) >= 11 is 3.70. The van der Waals surface area contributed by atoms with Gasteiger partial charge in [-0.05, 0) is 84.9 Å². The van der Waals surface area contributed by atoms with E-state index in [1.807, 2.05) is 22.7 Å². The smallest absolute Gasteiger partial charge is 0.0468 e. The first-order valence-corrected chi connectivity index (χ1v) is 15.0. The Hall–Kier alpha value is -4.64. The summed E-state index contributed by atoms with van der Waals surface area (Å²) in [5, 5.41) is 8.86. The second kappa shape index (κ2) is 9.53. The third-order valence-electron chi connectivity index (χ3n) is 7.41. The summed E-state index contributed by atoms with van der Waals surface area (Å²) < 4.78 is 5.24. The molecule has 190 valence electrons. The second-order valence-electron chi connectivity index (χ2n) is 9.93. The molecule has 4 heteroatoms. The fourth-order valence-electron chi connectivity index (χ4n) is 5.55. The molecule has 0 aliphatic carbocycles. The van der Waals surface area contributed by atoms with E-state index >= 15 is 0 Å². The standard InChI is InChI=1S/C36H24N2S2/c1-3-9-26(10-4-1)38(27-11-5-2-6-12-27)28-17-20-36-32(23-28)31-22-25(16-19-35(31)40-36)37-24-15-18-34-30(21-24)29-13-7-8-14-33(29)39-34/h1-23,37H. The molecule has 0 amide bonds. The van der Waals surface area contributed by atoms with Gasteiger partial charge in [-0.3, -0.25) is 0 Å². The fraction of sp³-hybridized carbons (Fsp3) is 0. The molecule has 2 heterocycles. The van der Waals surface area contributed by atoms with Crippen molar-refractivity contribution >= 4 is 91.5 Å². The zero-order valence-electron chi connectivity index (χ0n) is 21.5. The first-order chi connectivity index (χ1) is 19.8. The Morgan fingerprint density at radius 1 is 0.375 bits per heavy atom. The van der Waals surface area contributed by atoms with Crippen molar-refractivity contribution in [2.45, 2.75) is 0 Å². The van der Waals surface area contributed by atoms with Crippen LogP contribution in [0.2, 0.25) is 0 Å². The van der Waals surface area contributed by atoms with Crippen LogP contribution in [0.4, 0.5) is 28.4 Å². The van der Waals surface area contributed by atoms with Gasteiger partial charge in [-0.15, -0.1) is 22.7 Å². The van der Waals surface area contributed by atoms with Crippen molar-refractivity contribution in [2.24, 2.45) is 0 Å². The number of thiophene rings is 2. The van der Waals surface area contributed by atoms with Crippen molar-refractivity contribution in [3.05, 3.63) is 140 Å². The number of hydrogen-bond donors (Lipinski definition) is 1. The largest absolute Gasteiger partial charge is 0.355 e. The number of para-hydroxylation sites is 2. The van der Waals surface area contributed by atoms with Gasteiger partial charge in [-0.25, -0.2) is 0 Å². The molecule has 2 aromatic heterocycles. The minimum Gasteiger partial charge on any atom is -0.355 e. The van der Waals surface area contributed by atoms with Gasteiger partial charge >= 0.3 is 0 Å². The van der Waals surface area contributed by atoms with E-state index in [0.29, 0.717) is 0 Å². The van der Waals surface area contributed by atoms with E-state index < -0.39 is 0 Å². The van der Waals surface area contributed by atoms with Crippen molar-refractivity contribution < 1.29 is 0 Å². The van der Waals surface area contributed by atoms with E-state index in [2.05, 4.69) is 150 Å². The summed E-state index contributed by atoms with van der Waals surface area (Å²) in [5.74, 6) is 0. The van der Waals surface area contributed by atoms with Gasteiger partial charge in [0.2, 0.25) is 0 Å². The molecule has 8 rings (SSSR count). The maximum Gasteiger partial charge on any atom is 0.0468 e. The maximum atomic E-state index is 3.69. The van der Waals surface area contributed by atoms with Gasteiger partial charge in [-0.1, -0.05) is 54.6 Å². The number of rotatable bonds is 5. The van der Waals surface area contributed by atoms with Crippen LogP contribution in [0, 0.1) is 0 Å². The van der Waals surface area contributed by atoms with Crippen LogP contribution in [0.25, 0.3) is 40.3 Å². The number of fused-ring (bicyclic) bond motifs is 6. The number of nitrogens with zero attached hydrogens (tertiary/aromatic N) is 1. The molecule has 1 N–H and O–H groups in total. The van der Waals surface area contributed by atoms with Crippen LogP contribution in [0.1, 0.15) is 0 Å². The van der Waals surface area contributed by atoms with Crippen molar-refractivity contribution in [2.75, 3.05) is 10.2 Å². The number of anilines is 5. The molecule has 8 aromatic rings. The lowest BCUT2D eigenvalue weighted by molar-refractivity contribution is 1.29. The van der Waals surface area contributed by atoms with Gasteiger partial charge < -0.3 is 10.2 Å². The van der Waals surface area contributed by atoms with E-state index in [1.165, 1.54) is 40.3 Å². The maximum absolute atomic E-state index is 3.69. The highest BCUT2D eigenvalue weighted by Crippen LogP contribution is 2.42. The molecule has 0 fully saturated rings. The molecule has 0 unspecified atom stereocenters. The third-order valence-corrected chi connectivity index (χ3v) is 9.71. The van der Waals surface area contributed by atoms with Crippen LogP contribution in [-0.4, -0.2) is 0 Å². The molecule has 0 aliphatic rings. The quantitative estimate of drug-likeness (QED) is 0.230. The third kappa shape index (κ3) is 4.01. The summed E-state index contributed by atoms with van der Waals surface area (Å²) in [5.41, 5.74) is 5.64. The predicted molar refractivity (Wildman–Crippen MR) is 177 cm³/mol. The van der Waals surface area contributed by atoms with Crippen LogP contribution >= 0.6 is 22.7 Å². The van der Waals surface area contributed by atoms with E-state index in [4.69, 9.17) is 0 Å². The van der Waals surface area contributed by atoms with E-state index in [9.17, 15) is 0 Å². The molecule has 0 aliphatic heterocycles. The Morgan fingerprint density at radius 2 is 0.850 bits per heavy atom. The molecule has 0 spiro atoms. The lowest BCUT2D eigenvalue weighted by Gasteiger charge is -2.25. The monoisotopic (exact) mass is 548 g/mol. The highest BCUT2D eigenvalue weighted by molar-refractivity contribution is 7.26. The summed E-state index contributed by atoms with van der Waals surface area (Å²) in [7, 11) is 0. The normalized spacial score (nSPS) is 11.5. The zero-order valence-corrected chi connectivity index (χ0v) is 23.2. The Kier molecular flexibility index (Phi) is 5.54. The first kappa shape index (κ1) is 23.3. The number of hydrogen-bond acceptors (Lipinski definition) is 4. The molecular formula is C36H24N2S2. The van der Waals surface area contributed by atoms with Crippen LogP contribution in [0.15, 0.2) is 140 Å². The molecule has 0 bridgehead atoms. The SMILES string of the molecule is c1ccc(N(c2ccccc2)c2ccc3sc4ccc(Nc5ccc6sc7ccccc7c6c5)cc4c3c2)cc1. The molecule has 0 saturated carbocycles. The van der Waals surface area contributed by atoms with Crippen LogP contribution in [-0.2, 0) is 0 Å². The Balaban J connectivity index is 1.21.